The zero-order chi connectivity index (χ0) is 30.6. The lowest BCUT2D eigenvalue weighted by Crippen LogP contribution is -2.39. The van der Waals surface area contributed by atoms with E-state index in [0.29, 0.717) is 12.1 Å². The molecule has 3 aromatic rings. The summed E-state index contributed by atoms with van der Waals surface area (Å²) in [6.45, 7) is 3.23. The lowest BCUT2D eigenvalue weighted by atomic mass is 10.1. The van der Waals surface area contributed by atoms with Crippen LogP contribution < -0.4 is 5.32 Å². The molecular formula is C24H24F6N6O5. The second-order valence-electron chi connectivity index (χ2n) is 8.34. The maximum Gasteiger partial charge on any atom is 0.490 e. The number of amides is 1. The van der Waals surface area contributed by atoms with Gasteiger partial charge in [-0.25, -0.2) is 9.59 Å². The second-order valence-corrected chi connectivity index (χ2v) is 8.34. The first-order valence-corrected chi connectivity index (χ1v) is 11.6. The van der Waals surface area contributed by atoms with E-state index in [2.05, 4.69) is 42.1 Å². The number of nitrogens with zero attached hydrogens (tertiary/aromatic N) is 5. The van der Waals surface area contributed by atoms with E-state index in [9.17, 15) is 31.1 Å². The quantitative estimate of drug-likeness (QED) is 0.368. The summed E-state index contributed by atoms with van der Waals surface area (Å²) >= 11 is 0. The Kier molecular flexibility index (Phi) is 11.7. The summed E-state index contributed by atoms with van der Waals surface area (Å²) in [5.41, 5.74) is 3.04. The fraction of sp³-hybridized carbons (Fsp3) is 0.333. The van der Waals surface area contributed by atoms with Crippen molar-refractivity contribution < 1.29 is 50.9 Å². The number of rotatable bonds is 6. The second kappa shape index (κ2) is 14.7. The Morgan fingerprint density at radius 1 is 0.902 bits per heavy atom. The van der Waals surface area contributed by atoms with Gasteiger partial charge in [0.05, 0.1) is 11.7 Å². The van der Waals surface area contributed by atoms with Gasteiger partial charge in [0.2, 0.25) is 0 Å². The molecule has 1 unspecified atom stereocenters. The predicted octanol–water partition coefficient (Wildman–Crippen LogP) is 3.32. The third-order valence-corrected chi connectivity index (χ3v) is 5.27. The minimum Gasteiger partial charge on any atom is -0.475 e. The van der Waals surface area contributed by atoms with Gasteiger partial charge in [-0.2, -0.15) is 31.4 Å². The summed E-state index contributed by atoms with van der Waals surface area (Å²) in [5, 5.41) is 21.7. The van der Waals surface area contributed by atoms with E-state index in [0.717, 1.165) is 26.1 Å². The van der Waals surface area contributed by atoms with E-state index in [4.69, 9.17) is 19.8 Å². The van der Waals surface area contributed by atoms with Gasteiger partial charge in [-0.3, -0.25) is 24.3 Å². The Labute approximate surface area is 228 Å². The number of carbonyl (C=O) groups is 3. The van der Waals surface area contributed by atoms with Gasteiger partial charge in [0.1, 0.15) is 0 Å². The number of nitrogens with one attached hydrogen (secondary N) is 1. The molecular weight excluding hydrogens is 566 g/mol. The standard InChI is InChI=1S/C20H22N6O.2C2HF3O2/c27-20(17-3-8-21-9-4-17)23-10-5-18-14-25(13-16-2-1-7-22-12-16)15-19-6-11-24-26(18)19;2*3-2(4,5)1(6)7/h1-4,6-9,11-12,18H,5,10,13-15H2,(H,23,27);2*(H,6,7). The first-order valence-electron chi connectivity index (χ1n) is 11.6. The molecule has 41 heavy (non-hydrogen) atoms. The molecule has 1 atom stereocenters. The lowest BCUT2D eigenvalue weighted by molar-refractivity contribution is -0.193. The highest BCUT2D eigenvalue weighted by atomic mass is 19.4. The Morgan fingerprint density at radius 2 is 1.51 bits per heavy atom. The summed E-state index contributed by atoms with van der Waals surface area (Å²) in [7, 11) is 0. The van der Waals surface area contributed by atoms with E-state index in [1.54, 1.807) is 30.7 Å². The average Bonchev–Trinajstić information content (AvgIpc) is 3.38. The molecule has 0 aliphatic carbocycles. The highest BCUT2D eigenvalue weighted by Gasteiger charge is 2.38. The summed E-state index contributed by atoms with van der Waals surface area (Å²) in [6.07, 6.45) is -0.524. The topological polar surface area (TPSA) is 151 Å². The normalized spacial score (nSPS) is 14.8. The highest BCUT2D eigenvalue weighted by Crippen LogP contribution is 2.24. The zero-order valence-corrected chi connectivity index (χ0v) is 21.0. The number of hydrogen-bond donors (Lipinski definition) is 3. The molecule has 4 heterocycles. The van der Waals surface area contributed by atoms with Crippen molar-refractivity contribution in [1.82, 2.24) is 30.0 Å². The lowest BCUT2D eigenvalue weighted by Gasteiger charge is -2.34. The Hall–Kier alpha value is -4.54. The summed E-state index contributed by atoms with van der Waals surface area (Å²) < 4.78 is 65.6. The van der Waals surface area contributed by atoms with Crippen molar-refractivity contribution in [2.24, 2.45) is 0 Å². The Balaban J connectivity index is 0.000000349. The van der Waals surface area contributed by atoms with Crippen LogP contribution in [0.4, 0.5) is 26.3 Å². The maximum absolute atomic E-state index is 12.2. The molecule has 0 saturated carbocycles. The van der Waals surface area contributed by atoms with Crippen LogP contribution in [0.2, 0.25) is 0 Å². The van der Waals surface area contributed by atoms with Crippen LogP contribution in [0.15, 0.2) is 61.3 Å². The Morgan fingerprint density at radius 3 is 2.05 bits per heavy atom. The fourth-order valence-electron chi connectivity index (χ4n) is 3.51. The third kappa shape index (κ3) is 11.2. The van der Waals surface area contributed by atoms with Crippen molar-refractivity contribution in [2.45, 2.75) is 37.9 Å². The molecule has 0 spiro atoms. The fourth-order valence-corrected chi connectivity index (χ4v) is 3.51. The zero-order valence-electron chi connectivity index (χ0n) is 21.0. The first kappa shape index (κ1) is 32.7. The van der Waals surface area contributed by atoms with Gasteiger partial charge in [-0.15, -0.1) is 0 Å². The van der Waals surface area contributed by atoms with Crippen molar-refractivity contribution >= 4 is 17.8 Å². The van der Waals surface area contributed by atoms with Crippen LogP contribution >= 0.6 is 0 Å². The number of fused-ring (bicyclic) bond motifs is 1. The van der Waals surface area contributed by atoms with E-state index < -0.39 is 24.3 Å². The maximum atomic E-state index is 12.2. The first-order chi connectivity index (χ1) is 19.2. The van der Waals surface area contributed by atoms with Crippen LogP contribution in [0.5, 0.6) is 0 Å². The molecule has 17 heteroatoms. The largest absolute Gasteiger partial charge is 0.490 e. The van der Waals surface area contributed by atoms with E-state index in [-0.39, 0.29) is 11.9 Å². The van der Waals surface area contributed by atoms with Gasteiger partial charge in [-0.05, 0) is 36.2 Å². The molecule has 3 aromatic heterocycles. The molecule has 222 valence electrons. The van der Waals surface area contributed by atoms with Crippen LogP contribution in [0, 0.1) is 0 Å². The predicted molar refractivity (Wildman–Crippen MR) is 128 cm³/mol. The van der Waals surface area contributed by atoms with E-state index in [1.807, 2.05) is 18.5 Å². The number of halogens is 6. The molecule has 4 rings (SSSR count). The van der Waals surface area contributed by atoms with Crippen LogP contribution in [0.1, 0.15) is 34.1 Å². The number of carbonyl (C=O) groups excluding carboxylic acids is 1. The molecule has 1 aliphatic heterocycles. The summed E-state index contributed by atoms with van der Waals surface area (Å²) in [5.74, 6) is -5.58. The van der Waals surface area contributed by atoms with Crippen molar-refractivity contribution in [1.29, 1.82) is 0 Å². The number of carboxylic acid groups (broad SMARTS) is 2. The smallest absolute Gasteiger partial charge is 0.475 e. The summed E-state index contributed by atoms with van der Waals surface area (Å²) in [6, 6.07) is 9.81. The van der Waals surface area contributed by atoms with Gasteiger partial charge in [-0.1, -0.05) is 6.07 Å². The van der Waals surface area contributed by atoms with Crippen LogP contribution in [0.3, 0.4) is 0 Å². The van der Waals surface area contributed by atoms with Gasteiger partial charge in [0.15, 0.2) is 0 Å². The minimum atomic E-state index is -5.08. The van der Waals surface area contributed by atoms with Crippen molar-refractivity contribution in [2.75, 3.05) is 13.1 Å². The molecule has 0 aromatic carbocycles. The Bertz CT molecular complexity index is 1250. The van der Waals surface area contributed by atoms with Gasteiger partial charge in [0.25, 0.3) is 5.91 Å². The number of aromatic nitrogens is 4. The highest BCUT2D eigenvalue weighted by molar-refractivity contribution is 5.93. The number of aliphatic carboxylic acids is 2. The van der Waals surface area contributed by atoms with Gasteiger partial charge < -0.3 is 15.5 Å². The molecule has 1 aliphatic rings. The molecule has 11 nitrogen and oxygen atoms in total. The molecule has 0 bridgehead atoms. The average molecular weight is 590 g/mol. The van der Waals surface area contributed by atoms with Crippen LogP contribution in [0.25, 0.3) is 0 Å². The molecule has 0 radical (unpaired) electrons. The number of alkyl halides is 6. The molecule has 1 amide bonds. The molecule has 0 saturated heterocycles. The van der Waals surface area contributed by atoms with E-state index >= 15 is 0 Å². The third-order valence-electron chi connectivity index (χ3n) is 5.27. The SMILES string of the molecule is O=C(NCCC1CN(Cc2cccnc2)Cc2ccnn21)c1ccncc1.O=C(O)C(F)(F)F.O=C(O)C(F)(F)F. The van der Waals surface area contributed by atoms with Crippen LogP contribution in [-0.4, -0.2) is 78.1 Å². The molecule has 3 N–H and O–H groups in total. The van der Waals surface area contributed by atoms with Crippen LogP contribution in [-0.2, 0) is 22.7 Å². The number of pyridine rings is 2. The van der Waals surface area contributed by atoms with Crippen molar-refractivity contribution in [3.8, 4) is 0 Å². The van der Waals surface area contributed by atoms with Crippen molar-refractivity contribution in [3.05, 3.63) is 78.1 Å². The molecule has 0 fully saturated rings. The number of hydrogen-bond acceptors (Lipinski definition) is 7. The summed E-state index contributed by atoms with van der Waals surface area (Å²) in [4.78, 5) is 40.6. The van der Waals surface area contributed by atoms with E-state index in [1.165, 1.54) is 11.3 Å². The van der Waals surface area contributed by atoms with Gasteiger partial charge >= 0.3 is 24.3 Å². The van der Waals surface area contributed by atoms with Crippen molar-refractivity contribution in [3.63, 3.8) is 0 Å². The van der Waals surface area contributed by atoms with Gasteiger partial charge in [0, 0.05) is 62.7 Å². The number of carboxylic acids is 2. The monoisotopic (exact) mass is 590 g/mol. The minimum absolute atomic E-state index is 0.0684.